The number of rotatable bonds is 9. The molecule has 4 aromatic rings. The van der Waals surface area contributed by atoms with Crippen LogP contribution in [-0.2, 0) is 4.79 Å². The van der Waals surface area contributed by atoms with Crippen molar-refractivity contribution in [2.45, 2.75) is 23.6 Å². The summed E-state index contributed by atoms with van der Waals surface area (Å²) in [6.07, 6.45) is 0.574. The summed E-state index contributed by atoms with van der Waals surface area (Å²) in [5, 5.41) is 12.7. The number of nitrogens with zero attached hydrogens (tertiary/aromatic N) is 2. The van der Waals surface area contributed by atoms with Gasteiger partial charge in [0.2, 0.25) is 5.91 Å². The number of carbonyl (C=O) groups is 1. The molecule has 4 rings (SSSR count). The molecule has 0 saturated carbocycles. The summed E-state index contributed by atoms with van der Waals surface area (Å²) in [6, 6.07) is 30.0. The quantitative estimate of drug-likeness (QED) is 0.253. The van der Waals surface area contributed by atoms with Crippen molar-refractivity contribution in [1.82, 2.24) is 4.98 Å². The fourth-order valence-electron chi connectivity index (χ4n) is 3.45. The van der Waals surface area contributed by atoms with Crippen LogP contribution in [0.25, 0.3) is 11.3 Å². The highest BCUT2D eigenvalue weighted by molar-refractivity contribution is 8.00. The van der Waals surface area contributed by atoms with E-state index < -0.39 is 5.25 Å². The first-order valence-electron chi connectivity index (χ1n) is 11.5. The van der Waals surface area contributed by atoms with Crippen LogP contribution in [0.2, 0.25) is 0 Å². The molecule has 0 spiro atoms. The number of nitriles is 1. The second kappa shape index (κ2) is 11.9. The molecule has 36 heavy (non-hydrogen) atoms. The predicted octanol–water partition coefficient (Wildman–Crippen LogP) is 6.93. The van der Waals surface area contributed by atoms with E-state index in [-0.39, 0.29) is 5.91 Å². The van der Waals surface area contributed by atoms with Crippen molar-refractivity contribution < 1.29 is 14.3 Å². The number of hydrogen-bond donors (Lipinski definition) is 1. The number of ether oxygens (including phenoxy) is 2. The van der Waals surface area contributed by atoms with Gasteiger partial charge in [0.1, 0.15) is 28.3 Å². The van der Waals surface area contributed by atoms with Crippen LogP contribution in [0.15, 0.2) is 96.0 Å². The Bertz CT molecular complexity index is 1350. The average molecular weight is 496 g/mol. The Morgan fingerprint density at radius 3 is 2.25 bits per heavy atom. The van der Waals surface area contributed by atoms with Gasteiger partial charge in [0, 0.05) is 11.3 Å². The molecule has 3 aromatic carbocycles. The van der Waals surface area contributed by atoms with E-state index in [1.54, 1.807) is 25.3 Å². The first kappa shape index (κ1) is 24.8. The molecule has 0 saturated heterocycles. The average Bonchev–Trinajstić information content (AvgIpc) is 2.93. The molecule has 0 aliphatic heterocycles. The molecule has 0 bridgehead atoms. The highest BCUT2D eigenvalue weighted by Gasteiger charge is 2.21. The van der Waals surface area contributed by atoms with Crippen molar-refractivity contribution in [2.24, 2.45) is 0 Å². The van der Waals surface area contributed by atoms with Gasteiger partial charge in [-0.2, -0.15) is 5.26 Å². The molecular formula is C29H25N3O3S. The molecule has 0 fully saturated rings. The maximum Gasteiger partial charge on any atom is 0.237 e. The van der Waals surface area contributed by atoms with Gasteiger partial charge in [0.05, 0.1) is 23.6 Å². The number of para-hydroxylation sites is 1. The third-order valence-electron chi connectivity index (χ3n) is 5.38. The number of carbonyl (C=O) groups excluding carboxylic acids is 1. The number of benzene rings is 3. The van der Waals surface area contributed by atoms with Gasteiger partial charge < -0.3 is 14.8 Å². The summed E-state index contributed by atoms with van der Waals surface area (Å²) >= 11 is 1.29. The number of hydrogen-bond acceptors (Lipinski definition) is 6. The minimum Gasteiger partial charge on any atom is -0.497 e. The smallest absolute Gasteiger partial charge is 0.237 e. The first-order valence-corrected chi connectivity index (χ1v) is 12.3. The predicted molar refractivity (Wildman–Crippen MR) is 142 cm³/mol. The van der Waals surface area contributed by atoms with Crippen LogP contribution in [0.1, 0.15) is 18.9 Å². The summed E-state index contributed by atoms with van der Waals surface area (Å²) in [4.78, 5) is 17.8. The van der Waals surface area contributed by atoms with Gasteiger partial charge in [-0.05, 0) is 79.2 Å². The lowest BCUT2D eigenvalue weighted by Crippen LogP contribution is -2.24. The van der Waals surface area contributed by atoms with E-state index in [1.807, 2.05) is 79.7 Å². The second-order valence-corrected chi connectivity index (χ2v) is 9.02. The summed E-state index contributed by atoms with van der Waals surface area (Å²) in [6.45, 7) is 1.94. The fraction of sp³-hybridized carbons (Fsp3) is 0.138. The molecule has 180 valence electrons. The van der Waals surface area contributed by atoms with E-state index in [2.05, 4.69) is 11.4 Å². The van der Waals surface area contributed by atoms with Crippen molar-refractivity contribution in [3.8, 4) is 34.6 Å². The lowest BCUT2D eigenvalue weighted by atomic mass is 10.1. The maximum atomic E-state index is 13.1. The minimum atomic E-state index is -0.420. The van der Waals surface area contributed by atoms with Gasteiger partial charge in [-0.1, -0.05) is 36.9 Å². The van der Waals surface area contributed by atoms with E-state index in [4.69, 9.17) is 14.5 Å². The third kappa shape index (κ3) is 6.23. The number of aromatic nitrogens is 1. The van der Waals surface area contributed by atoms with E-state index in [9.17, 15) is 10.1 Å². The molecule has 1 atom stereocenters. The lowest BCUT2D eigenvalue weighted by molar-refractivity contribution is -0.115. The third-order valence-corrected chi connectivity index (χ3v) is 6.75. The zero-order valence-electron chi connectivity index (χ0n) is 20.0. The highest BCUT2D eigenvalue weighted by Crippen LogP contribution is 2.31. The molecule has 1 unspecified atom stereocenters. The van der Waals surface area contributed by atoms with Crippen molar-refractivity contribution in [1.29, 1.82) is 5.26 Å². The fourth-order valence-corrected chi connectivity index (χ4v) is 4.44. The Morgan fingerprint density at radius 1 is 0.944 bits per heavy atom. The molecule has 7 heteroatoms. The molecule has 1 N–H and O–H groups in total. The first-order chi connectivity index (χ1) is 17.6. The molecule has 1 aromatic heterocycles. The van der Waals surface area contributed by atoms with Crippen molar-refractivity contribution in [3.63, 3.8) is 0 Å². The molecule has 1 amide bonds. The molecule has 1 heterocycles. The van der Waals surface area contributed by atoms with Gasteiger partial charge in [-0.15, -0.1) is 0 Å². The number of anilines is 1. The molecule has 0 aliphatic rings. The van der Waals surface area contributed by atoms with E-state index in [1.165, 1.54) is 11.8 Å². The summed E-state index contributed by atoms with van der Waals surface area (Å²) < 4.78 is 11.0. The number of thioether (sulfide) groups is 1. The highest BCUT2D eigenvalue weighted by atomic mass is 32.2. The summed E-state index contributed by atoms with van der Waals surface area (Å²) in [5.74, 6) is 2.03. The summed E-state index contributed by atoms with van der Waals surface area (Å²) in [7, 11) is 1.62. The van der Waals surface area contributed by atoms with E-state index in [0.717, 1.165) is 22.8 Å². The maximum absolute atomic E-state index is 13.1. The topological polar surface area (TPSA) is 84.2 Å². The molecule has 0 radical (unpaired) electrons. The van der Waals surface area contributed by atoms with Crippen LogP contribution in [0, 0.1) is 11.3 Å². The normalized spacial score (nSPS) is 11.2. The Balaban J connectivity index is 1.46. The zero-order valence-corrected chi connectivity index (χ0v) is 20.8. The van der Waals surface area contributed by atoms with E-state index in [0.29, 0.717) is 28.4 Å². The number of amides is 1. The molecular weight excluding hydrogens is 470 g/mol. The van der Waals surface area contributed by atoms with Crippen molar-refractivity contribution in [2.75, 3.05) is 12.4 Å². The van der Waals surface area contributed by atoms with Gasteiger partial charge >= 0.3 is 0 Å². The summed E-state index contributed by atoms with van der Waals surface area (Å²) in [5.41, 5.74) is 2.73. The Labute approximate surface area is 214 Å². The number of nitrogens with one attached hydrogen (secondary N) is 1. The second-order valence-electron chi connectivity index (χ2n) is 7.83. The van der Waals surface area contributed by atoms with Crippen LogP contribution in [0.3, 0.4) is 0 Å². The van der Waals surface area contributed by atoms with Gasteiger partial charge in [-0.25, -0.2) is 4.98 Å². The SMILES string of the molecule is CCC(Sc1nc(-c2ccc(OC)cc2)ccc1C#N)C(=O)Nc1ccc(Oc2ccccc2)cc1. The Morgan fingerprint density at radius 2 is 1.61 bits per heavy atom. The number of pyridine rings is 1. The monoisotopic (exact) mass is 495 g/mol. The largest absolute Gasteiger partial charge is 0.497 e. The van der Waals surface area contributed by atoms with Crippen LogP contribution in [-0.4, -0.2) is 23.3 Å². The number of methoxy groups -OCH3 is 1. The Kier molecular flexibility index (Phi) is 8.22. The van der Waals surface area contributed by atoms with Crippen LogP contribution < -0.4 is 14.8 Å². The van der Waals surface area contributed by atoms with Crippen molar-refractivity contribution >= 4 is 23.4 Å². The Hall–Kier alpha value is -4.28. The van der Waals surface area contributed by atoms with Crippen LogP contribution >= 0.6 is 11.8 Å². The van der Waals surface area contributed by atoms with E-state index >= 15 is 0 Å². The minimum absolute atomic E-state index is 0.153. The van der Waals surface area contributed by atoms with Gasteiger partial charge in [0.25, 0.3) is 0 Å². The van der Waals surface area contributed by atoms with Gasteiger partial charge in [-0.3, -0.25) is 4.79 Å². The van der Waals surface area contributed by atoms with Crippen molar-refractivity contribution in [3.05, 3.63) is 96.6 Å². The molecule has 0 aliphatic carbocycles. The standard InChI is InChI=1S/C29H25N3O3S/c1-3-27(28(33)31-22-12-16-25(17-13-22)35-24-7-5-4-6-8-24)36-29-21(19-30)11-18-26(32-29)20-9-14-23(34-2)15-10-20/h4-18,27H,3H2,1-2H3,(H,31,33). The van der Waals surface area contributed by atoms with Crippen LogP contribution in [0.5, 0.6) is 17.2 Å². The zero-order chi connectivity index (χ0) is 25.3. The lowest BCUT2D eigenvalue weighted by Gasteiger charge is -2.16. The molecule has 6 nitrogen and oxygen atoms in total. The van der Waals surface area contributed by atoms with Crippen LogP contribution in [0.4, 0.5) is 5.69 Å². The van der Waals surface area contributed by atoms with Gasteiger partial charge in [0.15, 0.2) is 0 Å².